The third kappa shape index (κ3) is 3.10. The van der Waals surface area contributed by atoms with Gasteiger partial charge in [0, 0.05) is 17.7 Å². The molecule has 1 aromatic heterocycles. The Morgan fingerprint density at radius 2 is 1.95 bits per heavy atom. The summed E-state index contributed by atoms with van der Waals surface area (Å²) in [6.07, 6.45) is 1.32. The van der Waals surface area contributed by atoms with Gasteiger partial charge in [0.25, 0.3) is 10.0 Å². The van der Waals surface area contributed by atoms with Gasteiger partial charge in [-0.25, -0.2) is 13.4 Å². The number of hydrogen-bond acceptors (Lipinski definition) is 4. The molecule has 106 valence electrons. The van der Waals surface area contributed by atoms with E-state index in [2.05, 4.69) is 31.0 Å². The summed E-state index contributed by atoms with van der Waals surface area (Å²) in [6, 6.07) is 8.50. The molecule has 0 aliphatic heterocycles. The van der Waals surface area contributed by atoms with Crippen LogP contribution in [0.5, 0.6) is 0 Å². The van der Waals surface area contributed by atoms with Crippen LogP contribution in [0.1, 0.15) is 5.56 Å². The highest BCUT2D eigenvalue weighted by molar-refractivity contribution is 9.10. The van der Waals surface area contributed by atoms with Gasteiger partial charge in [-0.05, 0) is 46.6 Å². The average Bonchev–Trinajstić information content (AvgIpc) is 2.44. The topological polar surface area (TPSA) is 71.1 Å². The summed E-state index contributed by atoms with van der Waals surface area (Å²) >= 11 is 3.38. The van der Waals surface area contributed by atoms with E-state index in [9.17, 15) is 8.42 Å². The molecule has 0 atom stereocenters. The molecule has 0 aliphatic rings. The number of sulfonamides is 1. The Morgan fingerprint density at radius 3 is 2.55 bits per heavy atom. The molecular formula is C13H14BrN3O2S. The van der Waals surface area contributed by atoms with Crippen molar-refractivity contribution in [2.24, 2.45) is 0 Å². The molecule has 0 fully saturated rings. The maximum absolute atomic E-state index is 12.3. The third-order valence-corrected chi connectivity index (χ3v) is 5.14. The van der Waals surface area contributed by atoms with Crippen molar-refractivity contribution in [1.82, 2.24) is 4.98 Å². The van der Waals surface area contributed by atoms with E-state index in [-0.39, 0.29) is 4.90 Å². The largest absolute Gasteiger partial charge is 0.373 e. The number of aromatic nitrogens is 1. The molecular weight excluding hydrogens is 342 g/mol. The summed E-state index contributed by atoms with van der Waals surface area (Å²) in [5.41, 5.74) is 1.46. The Balaban J connectivity index is 2.33. The first kappa shape index (κ1) is 14.8. The van der Waals surface area contributed by atoms with Gasteiger partial charge >= 0.3 is 0 Å². The molecule has 0 saturated carbocycles. The van der Waals surface area contributed by atoms with Crippen LogP contribution in [-0.2, 0) is 10.0 Å². The number of pyridine rings is 1. The minimum atomic E-state index is -3.65. The Morgan fingerprint density at radius 1 is 1.20 bits per heavy atom. The molecule has 2 aromatic rings. The SMILES string of the molecule is CNc1ccc(S(=O)(=O)Nc2cccc(C)c2Br)cn1. The second-order valence-electron chi connectivity index (χ2n) is 4.17. The fourth-order valence-electron chi connectivity index (χ4n) is 1.62. The van der Waals surface area contributed by atoms with Crippen LogP contribution in [0.15, 0.2) is 45.9 Å². The van der Waals surface area contributed by atoms with E-state index in [1.807, 2.05) is 13.0 Å². The number of aryl methyl sites for hydroxylation is 1. The zero-order valence-electron chi connectivity index (χ0n) is 11.0. The number of hydrogen-bond donors (Lipinski definition) is 2. The Bertz CT molecular complexity index is 715. The first-order valence-electron chi connectivity index (χ1n) is 5.86. The van der Waals surface area contributed by atoms with E-state index < -0.39 is 10.0 Å². The third-order valence-electron chi connectivity index (χ3n) is 2.74. The summed E-state index contributed by atoms with van der Waals surface area (Å²) in [5, 5.41) is 2.84. The highest BCUT2D eigenvalue weighted by Gasteiger charge is 2.16. The molecule has 0 unspecified atom stereocenters. The van der Waals surface area contributed by atoms with Crippen molar-refractivity contribution < 1.29 is 8.42 Å². The van der Waals surface area contributed by atoms with E-state index in [4.69, 9.17) is 0 Å². The van der Waals surface area contributed by atoms with E-state index in [0.717, 1.165) is 10.0 Å². The molecule has 5 nitrogen and oxygen atoms in total. The molecule has 2 rings (SSSR count). The van der Waals surface area contributed by atoms with Gasteiger partial charge in [-0.2, -0.15) is 0 Å². The van der Waals surface area contributed by atoms with Gasteiger partial charge in [-0.15, -0.1) is 0 Å². The van der Waals surface area contributed by atoms with Crippen LogP contribution in [0.2, 0.25) is 0 Å². The van der Waals surface area contributed by atoms with Crippen molar-refractivity contribution in [2.45, 2.75) is 11.8 Å². The van der Waals surface area contributed by atoms with Crippen LogP contribution >= 0.6 is 15.9 Å². The van der Waals surface area contributed by atoms with Gasteiger partial charge in [0.15, 0.2) is 0 Å². The van der Waals surface area contributed by atoms with E-state index in [1.165, 1.54) is 12.3 Å². The second kappa shape index (κ2) is 5.80. The lowest BCUT2D eigenvalue weighted by molar-refractivity contribution is 0.601. The lowest BCUT2D eigenvalue weighted by atomic mass is 10.2. The Hall–Kier alpha value is -1.60. The summed E-state index contributed by atoms with van der Waals surface area (Å²) in [7, 11) is -1.93. The van der Waals surface area contributed by atoms with Crippen molar-refractivity contribution in [3.05, 3.63) is 46.6 Å². The Labute approximate surface area is 126 Å². The monoisotopic (exact) mass is 355 g/mol. The van der Waals surface area contributed by atoms with Crippen LogP contribution in [0.3, 0.4) is 0 Å². The maximum Gasteiger partial charge on any atom is 0.263 e. The van der Waals surface area contributed by atoms with Gasteiger partial charge in [0.2, 0.25) is 0 Å². The number of nitrogens with one attached hydrogen (secondary N) is 2. The van der Waals surface area contributed by atoms with E-state index in [1.54, 1.807) is 25.2 Å². The lowest BCUT2D eigenvalue weighted by Gasteiger charge is -2.11. The van der Waals surface area contributed by atoms with Crippen LogP contribution < -0.4 is 10.0 Å². The molecule has 0 spiro atoms. The van der Waals surface area contributed by atoms with Crippen LogP contribution in [-0.4, -0.2) is 20.4 Å². The molecule has 1 heterocycles. The van der Waals surface area contributed by atoms with Crippen LogP contribution in [0.25, 0.3) is 0 Å². The van der Waals surface area contributed by atoms with Crippen molar-refractivity contribution in [1.29, 1.82) is 0 Å². The normalized spacial score (nSPS) is 11.2. The summed E-state index contributed by atoms with van der Waals surface area (Å²) in [6.45, 7) is 1.89. The van der Waals surface area contributed by atoms with Crippen molar-refractivity contribution in [2.75, 3.05) is 17.1 Å². The Kier molecular flexibility index (Phi) is 4.29. The van der Waals surface area contributed by atoms with Gasteiger partial charge in [-0.3, -0.25) is 4.72 Å². The minimum absolute atomic E-state index is 0.116. The van der Waals surface area contributed by atoms with Gasteiger partial charge in [0.05, 0.1) is 5.69 Å². The molecule has 0 saturated heterocycles. The molecule has 0 aliphatic carbocycles. The lowest BCUT2D eigenvalue weighted by Crippen LogP contribution is -2.14. The summed E-state index contributed by atoms with van der Waals surface area (Å²) in [4.78, 5) is 4.12. The standard InChI is InChI=1S/C13H14BrN3O2S/c1-9-4-3-5-11(13(9)14)17-20(18,19)10-6-7-12(15-2)16-8-10/h3-8,17H,1-2H3,(H,15,16). The number of nitrogens with zero attached hydrogens (tertiary/aromatic N) is 1. The van der Waals surface area contributed by atoms with E-state index in [0.29, 0.717) is 11.5 Å². The smallest absolute Gasteiger partial charge is 0.263 e. The first-order chi connectivity index (χ1) is 9.44. The highest BCUT2D eigenvalue weighted by Crippen LogP contribution is 2.27. The molecule has 0 radical (unpaired) electrons. The number of anilines is 2. The summed E-state index contributed by atoms with van der Waals surface area (Å²) in [5.74, 6) is 0.612. The average molecular weight is 356 g/mol. The quantitative estimate of drug-likeness (QED) is 0.884. The van der Waals surface area contributed by atoms with Gasteiger partial charge < -0.3 is 5.32 Å². The van der Waals surface area contributed by atoms with Gasteiger partial charge in [-0.1, -0.05) is 12.1 Å². The second-order valence-corrected chi connectivity index (χ2v) is 6.65. The zero-order valence-corrected chi connectivity index (χ0v) is 13.4. The fraction of sp³-hybridized carbons (Fsp3) is 0.154. The van der Waals surface area contributed by atoms with Crippen molar-refractivity contribution in [3.63, 3.8) is 0 Å². The molecule has 1 aromatic carbocycles. The van der Waals surface area contributed by atoms with Crippen LogP contribution in [0, 0.1) is 6.92 Å². The number of benzene rings is 1. The van der Waals surface area contributed by atoms with Gasteiger partial charge in [0.1, 0.15) is 10.7 Å². The van der Waals surface area contributed by atoms with Crippen molar-refractivity contribution >= 4 is 37.5 Å². The summed E-state index contributed by atoms with van der Waals surface area (Å²) < 4.78 is 27.8. The van der Waals surface area contributed by atoms with E-state index >= 15 is 0 Å². The molecule has 0 bridgehead atoms. The fourth-order valence-corrected chi connectivity index (χ4v) is 3.13. The predicted molar refractivity (Wildman–Crippen MR) is 83.5 cm³/mol. The van der Waals surface area contributed by atoms with Crippen LogP contribution in [0.4, 0.5) is 11.5 Å². The molecule has 20 heavy (non-hydrogen) atoms. The minimum Gasteiger partial charge on any atom is -0.373 e. The van der Waals surface area contributed by atoms with Crippen molar-refractivity contribution in [3.8, 4) is 0 Å². The molecule has 7 heteroatoms. The maximum atomic E-state index is 12.3. The molecule has 0 amide bonds. The predicted octanol–water partition coefficient (Wildman–Crippen LogP) is 3.00. The zero-order chi connectivity index (χ0) is 14.8. The first-order valence-corrected chi connectivity index (χ1v) is 8.13. The number of halogens is 1. The molecule has 2 N–H and O–H groups in total. The highest BCUT2D eigenvalue weighted by atomic mass is 79.9. The number of rotatable bonds is 4.